The second-order valence-corrected chi connectivity index (χ2v) is 3.45. The Morgan fingerprint density at radius 1 is 1.73 bits per heavy atom. The minimum absolute atomic E-state index is 0.163. The molecule has 0 spiro atoms. The highest BCUT2D eigenvalue weighted by Crippen LogP contribution is 2.17. The molecule has 0 radical (unpaired) electrons. The first-order chi connectivity index (χ1) is 7.20. The number of cyclic esters (lactones) is 1. The molecule has 2 amide bonds. The summed E-state index contributed by atoms with van der Waals surface area (Å²) in [5, 5.41) is 8.58. The van der Waals surface area contributed by atoms with E-state index in [4.69, 9.17) is 5.26 Å². The Hall–Kier alpha value is -1.57. The van der Waals surface area contributed by atoms with Crippen LogP contribution in [0.1, 0.15) is 26.2 Å². The van der Waals surface area contributed by atoms with Crippen LogP contribution < -0.4 is 0 Å². The van der Waals surface area contributed by atoms with Crippen LogP contribution in [-0.4, -0.2) is 30.1 Å². The molecule has 0 aromatic heterocycles. The van der Waals surface area contributed by atoms with Crippen molar-refractivity contribution in [1.82, 2.24) is 4.90 Å². The van der Waals surface area contributed by atoms with Gasteiger partial charge in [0.15, 0.2) is 0 Å². The van der Waals surface area contributed by atoms with E-state index in [1.165, 1.54) is 0 Å². The molecule has 1 rings (SSSR count). The van der Waals surface area contributed by atoms with E-state index in [1.807, 2.05) is 13.0 Å². The summed E-state index contributed by atoms with van der Waals surface area (Å²) in [4.78, 5) is 24.0. The molecule has 0 aromatic carbocycles. The first-order valence-corrected chi connectivity index (χ1v) is 5.05. The molecule has 1 aliphatic heterocycles. The monoisotopic (exact) mass is 210 g/mol. The van der Waals surface area contributed by atoms with Crippen LogP contribution in [-0.2, 0) is 9.53 Å². The fraction of sp³-hybridized carbons (Fsp3) is 0.700. The zero-order valence-electron chi connectivity index (χ0n) is 8.73. The van der Waals surface area contributed by atoms with Crippen LogP contribution in [0.2, 0.25) is 0 Å². The summed E-state index contributed by atoms with van der Waals surface area (Å²) in [5.74, 6) is -0.647. The lowest BCUT2D eigenvalue weighted by Gasteiger charge is -2.17. The van der Waals surface area contributed by atoms with Gasteiger partial charge in [0.05, 0.1) is 18.5 Å². The molecule has 1 aliphatic rings. The fourth-order valence-electron chi connectivity index (χ4n) is 1.59. The highest BCUT2D eigenvalue weighted by atomic mass is 16.6. The SMILES string of the molecule is CCCC(CC#N)C(=O)N1CCOC1=O. The van der Waals surface area contributed by atoms with Gasteiger partial charge in [-0.3, -0.25) is 4.79 Å². The maximum Gasteiger partial charge on any atom is 0.416 e. The normalized spacial score (nSPS) is 17.1. The number of nitrogens with zero attached hydrogens (tertiary/aromatic N) is 2. The van der Waals surface area contributed by atoms with Crippen molar-refractivity contribution in [3.05, 3.63) is 0 Å². The first kappa shape index (κ1) is 11.5. The molecule has 1 heterocycles. The van der Waals surface area contributed by atoms with Gasteiger partial charge in [-0.1, -0.05) is 13.3 Å². The predicted octanol–water partition coefficient (Wildman–Crippen LogP) is 1.30. The van der Waals surface area contributed by atoms with Gasteiger partial charge in [-0.05, 0) is 6.42 Å². The summed E-state index contributed by atoms with van der Waals surface area (Å²) in [7, 11) is 0. The molecule has 5 heteroatoms. The van der Waals surface area contributed by atoms with Crippen molar-refractivity contribution < 1.29 is 14.3 Å². The summed E-state index contributed by atoms with van der Waals surface area (Å²) >= 11 is 0. The molecule has 0 N–H and O–H groups in total. The highest BCUT2D eigenvalue weighted by molar-refractivity contribution is 5.94. The van der Waals surface area contributed by atoms with Crippen LogP contribution >= 0.6 is 0 Å². The highest BCUT2D eigenvalue weighted by Gasteiger charge is 2.32. The van der Waals surface area contributed by atoms with Gasteiger partial charge in [-0.15, -0.1) is 0 Å². The van der Waals surface area contributed by atoms with Gasteiger partial charge in [0, 0.05) is 6.42 Å². The molecular formula is C10H14N2O3. The van der Waals surface area contributed by atoms with Crippen molar-refractivity contribution in [2.75, 3.05) is 13.2 Å². The zero-order chi connectivity index (χ0) is 11.3. The van der Waals surface area contributed by atoms with E-state index in [9.17, 15) is 9.59 Å². The van der Waals surface area contributed by atoms with Gasteiger partial charge in [-0.2, -0.15) is 5.26 Å². The van der Waals surface area contributed by atoms with Gasteiger partial charge in [-0.25, -0.2) is 9.69 Å². The summed E-state index contributed by atoms with van der Waals surface area (Å²) < 4.78 is 4.68. The average Bonchev–Trinajstić information content (AvgIpc) is 2.63. The average molecular weight is 210 g/mol. The number of nitriles is 1. The van der Waals surface area contributed by atoms with Crippen LogP contribution in [0.5, 0.6) is 0 Å². The lowest BCUT2D eigenvalue weighted by atomic mass is 9.99. The largest absolute Gasteiger partial charge is 0.447 e. The van der Waals surface area contributed by atoms with Crippen LogP contribution in [0.4, 0.5) is 4.79 Å². The third-order valence-corrected chi connectivity index (χ3v) is 2.35. The van der Waals surface area contributed by atoms with E-state index in [-0.39, 0.29) is 24.9 Å². The number of hydrogen-bond donors (Lipinski definition) is 0. The van der Waals surface area contributed by atoms with E-state index < -0.39 is 6.09 Å². The number of carbonyl (C=O) groups is 2. The van der Waals surface area contributed by atoms with E-state index >= 15 is 0 Å². The third kappa shape index (κ3) is 2.69. The molecule has 1 fully saturated rings. The quantitative estimate of drug-likeness (QED) is 0.701. The molecular weight excluding hydrogens is 196 g/mol. The number of carbonyl (C=O) groups excluding carboxylic acids is 2. The summed E-state index contributed by atoms with van der Waals surface area (Å²) in [6, 6.07) is 1.97. The fourth-order valence-corrected chi connectivity index (χ4v) is 1.59. The zero-order valence-corrected chi connectivity index (χ0v) is 8.73. The lowest BCUT2D eigenvalue weighted by Crippen LogP contribution is -2.36. The van der Waals surface area contributed by atoms with E-state index in [0.29, 0.717) is 13.0 Å². The molecule has 0 bridgehead atoms. The number of ether oxygens (including phenoxy) is 1. The van der Waals surface area contributed by atoms with Crippen LogP contribution in [0.15, 0.2) is 0 Å². The Morgan fingerprint density at radius 2 is 2.47 bits per heavy atom. The minimum atomic E-state index is -0.584. The Morgan fingerprint density at radius 3 is 2.93 bits per heavy atom. The maximum atomic E-state index is 11.8. The van der Waals surface area contributed by atoms with Crippen LogP contribution in [0.25, 0.3) is 0 Å². The van der Waals surface area contributed by atoms with Crippen LogP contribution in [0, 0.1) is 17.2 Å². The van der Waals surface area contributed by atoms with Crippen molar-refractivity contribution in [1.29, 1.82) is 5.26 Å². The van der Waals surface area contributed by atoms with Gasteiger partial charge in [0.1, 0.15) is 6.61 Å². The van der Waals surface area contributed by atoms with Gasteiger partial charge < -0.3 is 4.74 Å². The Kier molecular flexibility index (Phi) is 4.10. The third-order valence-electron chi connectivity index (χ3n) is 2.35. The van der Waals surface area contributed by atoms with Crippen molar-refractivity contribution in [2.24, 2.45) is 5.92 Å². The Labute approximate surface area is 88.6 Å². The van der Waals surface area contributed by atoms with Gasteiger partial charge >= 0.3 is 6.09 Å². The van der Waals surface area contributed by atoms with Crippen LogP contribution in [0.3, 0.4) is 0 Å². The molecule has 0 aliphatic carbocycles. The van der Waals surface area contributed by atoms with Crippen molar-refractivity contribution in [2.45, 2.75) is 26.2 Å². The number of hydrogen-bond acceptors (Lipinski definition) is 4. The molecule has 1 unspecified atom stereocenters. The molecule has 15 heavy (non-hydrogen) atoms. The van der Waals surface area contributed by atoms with E-state index in [2.05, 4.69) is 4.74 Å². The van der Waals surface area contributed by atoms with Crippen molar-refractivity contribution >= 4 is 12.0 Å². The topological polar surface area (TPSA) is 70.4 Å². The van der Waals surface area contributed by atoms with E-state index in [1.54, 1.807) is 0 Å². The number of imide groups is 1. The first-order valence-electron chi connectivity index (χ1n) is 5.05. The molecule has 0 aromatic rings. The Balaban J connectivity index is 2.63. The Bertz CT molecular complexity index is 296. The van der Waals surface area contributed by atoms with Crippen molar-refractivity contribution in [3.63, 3.8) is 0 Å². The second-order valence-electron chi connectivity index (χ2n) is 3.45. The predicted molar refractivity (Wildman–Crippen MR) is 51.7 cm³/mol. The number of rotatable bonds is 4. The standard InChI is InChI=1S/C10H14N2O3/c1-2-3-8(4-5-11)9(13)12-6-7-15-10(12)14/h8H,2-4,6-7H2,1H3. The summed E-state index contributed by atoms with van der Waals surface area (Å²) in [6.07, 6.45) is 1.03. The maximum absolute atomic E-state index is 11.8. The molecule has 0 saturated carbocycles. The smallest absolute Gasteiger partial charge is 0.416 e. The second kappa shape index (κ2) is 5.35. The lowest BCUT2D eigenvalue weighted by molar-refractivity contribution is -0.132. The summed E-state index contributed by atoms with van der Waals surface area (Å²) in [6.45, 7) is 2.51. The van der Waals surface area contributed by atoms with Gasteiger partial charge in [0.2, 0.25) is 5.91 Å². The molecule has 1 atom stereocenters. The van der Waals surface area contributed by atoms with Gasteiger partial charge in [0.25, 0.3) is 0 Å². The summed E-state index contributed by atoms with van der Waals surface area (Å²) in [5.41, 5.74) is 0. The van der Waals surface area contributed by atoms with Crippen molar-refractivity contribution in [3.8, 4) is 6.07 Å². The molecule has 1 saturated heterocycles. The molecule has 5 nitrogen and oxygen atoms in total. The number of amides is 2. The minimum Gasteiger partial charge on any atom is -0.447 e. The van der Waals surface area contributed by atoms with E-state index in [0.717, 1.165) is 11.3 Å². The molecule has 82 valence electrons.